The van der Waals surface area contributed by atoms with E-state index in [2.05, 4.69) is 5.43 Å². The molecule has 1 saturated heterocycles. The van der Waals surface area contributed by atoms with E-state index in [9.17, 15) is 4.79 Å². The molecule has 1 N–H and O–H groups in total. The van der Waals surface area contributed by atoms with Crippen LogP contribution in [-0.4, -0.2) is 41.6 Å². The standard InChI is InChI=1S/C14H25BN2O4/c1-12(2,3)19-11(18)17-9-10(8-16-17)15-20-13(4,5)14(6,7)21-15/h9,16H,8H2,1-7H3. The van der Waals surface area contributed by atoms with Gasteiger partial charge in [-0.3, -0.25) is 0 Å². The predicted octanol–water partition coefficient (Wildman–Crippen LogP) is 2.26. The third-order valence-electron chi connectivity index (χ3n) is 3.89. The number of carbonyl (C=O) groups is 1. The molecule has 0 unspecified atom stereocenters. The third kappa shape index (κ3) is 3.41. The van der Waals surface area contributed by atoms with Crippen molar-refractivity contribution >= 4 is 13.2 Å². The summed E-state index contributed by atoms with van der Waals surface area (Å²) in [4.78, 5) is 12.0. The Morgan fingerprint density at radius 2 is 1.81 bits per heavy atom. The topological polar surface area (TPSA) is 60.0 Å². The van der Waals surface area contributed by atoms with Gasteiger partial charge in [-0.1, -0.05) is 0 Å². The zero-order valence-corrected chi connectivity index (χ0v) is 13.9. The van der Waals surface area contributed by atoms with Gasteiger partial charge in [0, 0.05) is 12.7 Å². The van der Waals surface area contributed by atoms with Crippen molar-refractivity contribution in [2.75, 3.05) is 6.54 Å². The summed E-state index contributed by atoms with van der Waals surface area (Å²) in [5, 5.41) is 1.34. The number of hydrogen-bond donors (Lipinski definition) is 1. The lowest BCUT2D eigenvalue weighted by molar-refractivity contribution is 0.00578. The quantitative estimate of drug-likeness (QED) is 0.752. The van der Waals surface area contributed by atoms with Crippen LogP contribution in [0.4, 0.5) is 4.79 Å². The fourth-order valence-electron chi connectivity index (χ4n) is 2.00. The molecule has 6 nitrogen and oxygen atoms in total. The van der Waals surface area contributed by atoms with Gasteiger partial charge in [-0.25, -0.2) is 15.2 Å². The lowest BCUT2D eigenvalue weighted by atomic mass is 9.79. The van der Waals surface area contributed by atoms with Gasteiger partial charge in [-0.2, -0.15) is 0 Å². The van der Waals surface area contributed by atoms with Gasteiger partial charge in [0.25, 0.3) is 0 Å². The van der Waals surface area contributed by atoms with Gasteiger partial charge in [0.2, 0.25) is 0 Å². The van der Waals surface area contributed by atoms with Crippen LogP contribution >= 0.6 is 0 Å². The van der Waals surface area contributed by atoms with Gasteiger partial charge >= 0.3 is 13.2 Å². The molecule has 0 bridgehead atoms. The summed E-state index contributed by atoms with van der Waals surface area (Å²) in [5.41, 5.74) is 2.53. The Labute approximate surface area is 126 Å². The Bertz CT molecular complexity index is 452. The number of nitrogens with one attached hydrogen (secondary N) is 1. The fourth-order valence-corrected chi connectivity index (χ4v) is 2.00. The van der Waals surface area contributed by atoms with Gasteiger partial charge in [0.05, 0.1) is 11.2 Å². The third-order valence-corrected chi connectivity index (χ3v) is 3.89. The van der Waals surface area contributed by atoms with E-state index in [1.165, 1.54) is 5.01 Å². The molecule has 2 aliphatic rings. The number of amides is 1. The van der Waals surface area contributed by atoms with E-state index in [0.29, 0.717) is 6.54 Å². The summed E-state index contributed by atoms with van der Waals surface area (Å²) in [7, 11) is -0.449. The molecule has 0 aromatic rings. The highest BCUT2D eigenvalue weighted by Gasteiger charge is 2.53. The van der Waals surface area contributed by atoms with Crippen LogP contribution < -0.4 is 5.43 Å². The van der Waals surface area contributed by atoms with Gasteiger partial charge in [0.15, 0.2) is 0 Å². The van der Waals surface area contributed by atoms with Gasteiger partial charge < -0.3 is 14.0 Å². The zero-order chi connectivity index (χ0) is 16.1. The highest BCUT2D eigenvalue weighted by Crippen LogP contribution is 2.38. The van der Waals surface area contributed by atoms with Gasteiger partial charge in [-0.05, 0) is 53.9 Å². The molecule has 7 heteroatoms. The molecule has 0 saturated carbocycles. The Balaban J connectivity index is 2.04. The molecule has 21 heavy (non-hydrogen) atoms. The van der Waals surface area contributed by atoms with Crippen LogP contribution in [0.25, 0.3) is 0 Å². The average Bonchev–Trinajstić information content (AvgIpc) is 2.80. The van der Waals surface area contributed by atoms with E-state index in [-0.39, 0.29) is 0 Å². The number of nitrogens with zero attached hydrogens (tertiary/aromatic N) is 1. The molecule has 0 aromatic heterocycles. The lowest BCUT2D eigenvalue weighted by Gasteiger charge is -2.32. The summed E-state index contributed by atoms with van der Waals surface area (Å²) in [5.74, 6) is 0. The Kier molecular flexibility index (Phi) is 3.89. The van der Waals surface area contributed by atoms with E-state index in [1.807, 2.05) is 48.5 Å². The predicted molar refractivity (Wildman–Crippen MR) is 80.2 cm³/mol. The number of hydrogen-bond acceptors (Lipinski definition) is 5. The summed E-state index contributed by atoms with van der Waals surface area (Å²) in [6.07, 6.45) is 1.25. The van der Waals surface area contributed by atoms with Crippen LogP contribution in [0.5, 0.6) is 0 Å². The van der Waals surface area contributed by atoms with E-state index < -0.39 is 30.0 Å². The fraction of sp³-hybridized carbons (Fsp3) is 0.786. The minimum atomic E-state index is -0.528. The highest BCUT2D eigenvalue weighted by atomic mass is 16.7. The largest absolute Gasteiger partial charge is 0.493 e. The smallest absolute Gasteiger partial charge is 0.442 e. The summed E-state index contributed by atoms with van der Waals surface area (Å²) < 4.78 is 17.2. The molecule has 0 aliphatic carbocycles. The molecular weight excluding hydrogens is 271 g/mol. The van der Waals surface area contributed by atoms with Crippen molar-refractivity contribution in [2.24, 2.45) is 0 Å². The van der Waals surface area contributed by atoms with Crippen LogP contribution in [0.15, 0.2) is 11.7 Å². The second-order valence-electron chi connectivity index (χ2n) is 7.48. The van der Waals surface area contributed by atoms with Gasteiger partial charge in [0.1, 0.15) is 5.60 Å². The maximum absolute atomic E-state index is 12.0. The molecular formula is C14H25BN2O4. The van der Waals surface area contributed by atoms with Crippen molar-refractivity contribution in [3.8, 4) is 0 Å². The molecule has 1 amide bonds. The van der Waals surface area contributed by atoms with Crippen LogP contribution in [0.2, 0.25) is 0 Å². The van der Waals surface area contributed by atoms with E-state index in [1.54, 1.807) is 6.20 Å². The summed E-state index contributed by atoms with van der Waals surface area (Å²) >= 11 is 0. The molecule has 0 atom stereocenters. The van der Waals surface area contributed by atoms with Gasteiger partial charge in [-0.15, -0.1) is 0 Å². The Morgan fingerprint density at radius 1 is 1.29 bits per heavy atom. The Morgan fingerprint density at radius 3 is 2.29 bits per heavy atom. The molecule has 2 heterocycles. The number of hydrazine groups is 1. The van der Waals surface area contributed by atoms with Crippen molar-refractivity contribution < 1.29 is 18.8 Å². The van der Waals surface area contributed by atoms with E-state index >= 15 is 0 Å². The molecule has 118 valence electrons. The van der Waals surface area contributed by atoms with E-state index in [4.69, 9.17) is 14.0 Å². The van der Waals surface area contributed by atoms with Crippen molar-refractivity contribution in [2.45, 2.75) is 65.3 Å². The second kappa shape index (κ2) is 5.00. The van der Waals surface area contributed by atoms with E-state index in [0.717, 1.165) is 5.47 Å². The normalized spacial score (nSPS) is 24.2. The number of ether oxygens (including phenoxy) is 1. The van der Waals surface area contributed by atoms with Crippen LogP contribution in [-0.2, 0) is 14.0 Å². The Hall–Kier alpha value is -1.05. The SMILES string of the molecule is CC(C)(C)OC(=O)N1C=C(B2OC(C)(C)C(C)(C)O2)CN1. The summed E-state index contributed by atoms with van der Waals surface area (Å²) in [6, 6.07) is 0. The molecule has 1 fully saturated rings. The highest BCUT2D eigenvalue weighted by molar-refractivity contribution is 6.54. The molecule has 2 rings (SSSR count). The van der Waals surface area contributed by atoms with Crippen molar-refractivity contribution in [3.63, 3.8) is 0 Å². The van der Waals surface area contributed by atoms with Crippen molar-refractivity contribution in [3.05, 3.63) is 11.7 Å². The van der Waals surface area contributed by atoms with Crippen LogP contribution in [0.1, 0.15) is 48.5 Å². The lowest BCUT2D eigenvalue weighted by Crippen LogP contribution is -2.41. The first-order chi connectivity index (χ1) is 9.41. The number of rotatable bonds is 1. The van der Waals surface area contributed by atoms with Crippen LogP contribution in [0.3, 0.4) is 0 Å². The first-order valence-corrected chi connectivity index (χ1v) is 7.23. The second-order valence-corrected chi connectivity index (χ2v) is 7.48. The number of carbonyl (C=O) groups excluding carboxylic acids is 1. The first kappa shape index (κ1) is 16.3. The average molecular weight is 296 g/mol. The molecule has 0 aromatic carbocycles. The van der Waals surface area contributed by atoms with Crippen molar-refractivity contribution in [1.82, 2.24) is 10.4 Å². The minimum Gasteiger partial charge on any atom is -0.442 e. The molecule has 0 spiro atoms. The maximum Gasteiger partial charge on any atom is 0.493 e. The minimum absolute atomic E-state index is 0.391. The van der Waals surface area contributed by atoms with Crippen LogP contribution in [0, 0.1) is 0 Å². The summed E-state index contributed by atoms with van der Waals surface area (Å²) in [6.45, 7) is 14.0. The first-order valence-electron chi connectivity index (χ1n) is 7.23. The molecule has 0 radical (unpaired) electrons. The maximum atomic E-state index is 12.0. The molecule has 2 aliphatic heterocycles. The monoisotopic (exact) mass is 296 g/mol. The van der Waals surface area contributed by atoms with Crippen molar-refractivity contribution in [1.29, 1.82) is 0 Å². The zero-order valence-electron chi connectivity index (χ0n) is 13.9.